The van der Waals surface area contributed by atoms with Gasteiger partial charge in [-0.2, -0.15) is 8.78 Å². The van der Waals surface area contributed by atoms with Crippen molar-refractivity contribution in [3.05, 3.63) is 29.8 Å². The predicted octanol–water partition coefficient (Wildman–Crippen LogP) is 3.84. The third-order valence-electron chi connectivity index (χ3n) is 4.71. The fourth-order valence-corrected chi connectivity index (χ4v) is 3.24. The van der Waals surface area contributed by atoms with Crippen molar-refractivity contribution in [2.45, 2.75) is 51.8 Å². The maximum atomic E-state index is 12.5. The van der Waals surface area contributed by atoms with Gasteiger partial charge in [0.15, 0.2) is 5.96 Å². The molecule has 8 heteroatoms. The Morgan fingerprint density at radius 1 is 1.30 bits per heavy atom. The van der Waals surface area contributed by atoms with Crippen LogP contribution < -0.4 is 15.4 Å². The molecule has 1 unspecified atom stereocenters. The summed E-state index contributed by atoms with van der Waals surface area (Å²) < 4.78 is 29.5. The lowest BCUT2D eigenvalue weighted by Gasteiger charge is -2.33. The van der Waals surface area contributed by atoms with Crippen molar-refractivity contribution in [2.75, 3.05) is 26.7 Å². The van der Waals surface area contributed by atoms with Gasteiger partial charge >= 0.3 is 6.61 Å². The normalized spacial score (nSPS) is 18.1. The number of para-hydroxylation sites is 1. The van der Waals surface area contributed by atoms with Crippen molar-refractivity contribution in [3.63, 3.8) is 0 Å². The fraction of sp³-hybridized carbons (Fsp3) is 0.632. The van der Waals surface area contributed by atoms with E-state index in [1.165, 1.54) is 25.8 Å². The van der Waals surface area contributed by atoms with Crippen molar-refractivity contribution >= 4 is 29.9 Å². The summed E-state index contributed by atoms with van der Waals surface area (Å²) in [6.07, 6.45) is 4.96. The van der Waals surface area contributed by atoms with Crippen LogP contribution in [-0.4, -0.2) is 50.2 Å². The van der Waals surface area contributed by atoms with E-state index in [1.807, 2.05) is 0 Å². The van der Waals surface area contributed by atoms with Crippen LogP contribution in [0.2, 0.25) is 0 Å². The molecule has 0 spiro atoms. The molecule has 0 saturated carbocycles. The summed E-state index contributed by atoms with van der Waals surface area (Å²) in [5, 5.41) is 6.42. The van der Waals surface area contributed by atoms with Gasteiger partial charge < -0.3 is 20.3 Å². The smallest absolute Gasteiger partial charge is 0.387 e. The maximum absolute atomic E-state index is 12.5. The number of guanidine groups is 1. The number of halogens is 3. The number of alkyl halides is 2. The lowest BCUT2D eigenvalue weighted by molar-refractivity contribution is -0.0504. The summed E-state index contributed by atoms with van der Waals surface area (Å²) in [7, 11) is 1.70. The summed E-state index contributed by atoms with van der Waals surface area (Å²) >= 11 is 0. The van der Waals surface area contributed by atoms with Gasteiger partial charge in [0.2, 0.25) is 0 Å². The van der Waals surface area contributed by atoms with Crippen LogP contribution in [0.5, 0.6) is 5.75 Å². The third-order valence-corrected chi connectivity index (χ3v) is 4.71. The monoisotopic (exact) mass is 496 g/mol. The molecule has 2 rings (SSSR count). The van der Waals surface area contributed by atoms with E-state index in [2.05, 4.69) is 32.2 Å². The molecule has 1 atom stereocenters. The molecule has 5 nitrogen and oxygen atoms in total. The van der Waals surface area contributed by atoms with Crippen LogP contribution in [0, 0.1) is 0 Å². The van der Waals surface area contributed by atoms with Crippen LogP contribution in [0.4, 0.5) is 8.78 Å². The van der Waals surface area contributed by atoms with Crippen molar-refractivity contribution in [3.8, 4) is 5.75 Å². The standard InChI is InChI=1S/C19H30F2N4O.HI/c1-15-8-5-6-12-25(15)13-7-11-23-19(22-2)24-14-16-9-3-4-10-17(16)26-18(20)21;/h3-4,9-10,15,18H,5-8,11-14H2,1-2H3,(H2,22,23,24);1H. The van der Waals surface area contributed by atoms with E-state index in [-0.39, 0.29) is 29.7 Å². The van der Waals surface area contributed by atoms with Gasteiger partial charge in [-0.15, -0.1) is 24.0 Å². The summed E-state index contributed by atoms with van der Waals surface area (Å²) in [6.45, 7) is 2.92. The number of nitrogens with one attached hydrogen (secondary N) is 2. The molecule has 154 valence electrons. The van der Waals surface area contributed by atoms with Crippen LogP contribution in [0.15, 0.2) is 29.3 Å². The Hall–Kier alpha value is -1.16. The largest absolute Gasteiger partial charge is 0.434 e. The average Bonchev–Trinajstić information content (AvgIpc) is 2.63. The summed E-state index contributed by atoms with van der Waals surface area (Å²) in [6, 6.07) is 7.45. The molecule has 1 saturated heterocycles. The molecule has 0 bridgehead atoms. The van der Waals surface area contributed by atoms with Gasteiger partial charge in [0.1, 0.15) is 5.75 Å². The Bertz CT molecular complexity index is 574. The number of rotatable bonds is 8. The van der Waals surface area contributed by atoms with E-state index in [9.17, 15) is 8.78 Å². The summed E-state index contributed by atoms with van der Waals surface area (Å²) in [5.74, 6) is 0.841. The second kappa shape index (κ2) is 13.1. The molecule has 1 fully saturated rings. The molecule has 1 aromatic carbocycles. The van der Waals surface area contributed by atoms with E-state index >= 15 is 0 Å². The number of benzene rings is 1. The van der Waals surface area contributed by atoms with Gasteiger partial charge in [-0.1, -0.05) is 24.6 Å². The average molecular weight is 496 g/mol. The zero-order valence-corrected chi connectivity index (χ0v) is 18.4. The van der Waals surface area contributed by atoms with Crippen LogP contribution >= 0.6 is 24.0 Å². The maximum Gasteiger partial charge on any atom is 0.387 e. The molecule has 0 amide bonds. The van der Waals surface area contributed by atoms with Crippen LogP contribution in [0.1, 0.15) is 38.2 Å². The highest BCUT2D eigenvalue weighted by Gasteiger charge is 2.17. The topological polar surface area (TPSA) is 48.9 Å². The fourth-order valence-electron chi connectivity index (χ4n) is 3.24. The van der Waals surface area contributed by atoms with Crippen LogP contribution in [-0.2, 0) is 6.54 Å². The number of nitrogens with zero attached hydrogens (tertiary/aromatic N) is 2. The van der Waals surface area contributed by atoms with E-state index in [4.69, 9.17) is 0 Å². The molecule has 2 N–H and O–H groups in total. The van der Waals surface area contributed by atoms with Crippen molar-refractivity contribution in [1.82, 2.24) is 15.5 Å². The summed E-state index contributed by atoms with van der Waals surface area (Å²) in [5.41, 5.74) is 0.665. The number of hydrogen-bond acceptors (Lipinski definition) is 3. The zero-order valence-electron chi connectivity index (χ0n) is 16.1. The SMILES string of the molecule is CN=C(NCCCN1CCCCC1C)NCc1ccccc1OC(F)F.I. The number of aliphatic imine (C=N–C) groups is 1. The molecule has 1 heterocycles. The highest BCUT2D eigenvalue weighted by Crippen LogP contribution is 2.20. The first-order chi connectivity index (χ1) is 12.6. The minimum Gasteiger partial charge on any atom is -0.434 e. The first-order valence-electron chi connectivity index (χ1n) is 9.31. The summed E-state index contributed by atoms with van der Waals surface area (Å²) in [4.78, 5) is 6.73. The molecular formula is C19H31F2IN4O. The molecule has 1 aromatic rings. The Morgan fingerprint density at radius 2 is 2.07 bits per heavy atom. The zero-order chi connectivity index (χ0) is 18.8. The van der Waals surface area contributed by atoms with Crippen molar-refractivity contribution in [2.24, 2.45) is 4.99 Å². The number of ether oxygens (including phenoxy) is 1. The molecular weight excluding hydrogens is 465 g/mol. The Morgan fingerprint density at radius 3 is 2.78 bits per heavy atom. The molecule has 0 aromatic heterocycles. The van der Waals surface area contributed by atoms with Gasteiger partial charge in [0.05, 0.1) is 0 Å². The van der Waals surface area contributed by atoms with E-state index in [1.54, 1.807) is 31.3 Å². The van der Waals surface area contributed by atoms with Gasteiger partial charge in [0, 0.05) is 38.3 Å². The first kappa shape index (κ1) is 23.9. The minimum absolute atomic E-state index is 0. The van der Waals surface area contributed by atoms with Crippen LogP contribution in [0.3, 0.4) is 0 Å². The van der Waals surface area contributed by atoms with E-state index in [0.29, 0.717) is 24.1 Å². The van der Waals surface area contributed by atoms with Gasteiger partial charge in [-0.3, -0.25) is 4.99 Å². The number of hydrogen-bond donors (Lipinski definition) is 2. The van der Waals surface area contributed by atoms with Gasteiger partial charge in [-0.25, -0.2) is 0 Å². The quantitative estimate of drug-likeness (QED) is 0.249. The number of piperidine rings is 1. The van der Waals surface area contributed by atoms with Crippen molar-refractivity contribution < 1.29 is 13.5 Å². The molecule has 1 aliphatic rings. The van der Waals surface area contributed by atoms with Crippen LogP contribution in [0.25, 0.3) is 0 Å². The Balaban J connectivity index is 0.00000364. The van der Waals surface area contributed by atoms with E-state index < -0.39 is 6.61 Å². The predicted molar refractivity (Wildman–Crippen MR) is 116 cm³/mol. The second-order valence-electron chi connectivity index (χ2n) is 6.57. The minimum atomic E-state index is -2.83. The molecule has 0 aliphatic carbocycles. The second-order valence-corrected chi connectivity index (χ2v) is 6.57. The molecule has 0 radical (unpaired) electrons. The lowest BCUT2D eigenvalue weighted by atomic mass is 10.0. The van der Waals surface area contributed by atoms with Gasteiger partial charge in [-0.05, 0) is 38.8 Å². The van der Waals surface area contributed by atoms with Crippen molar-refractivity contribution in [1.29, 1.82) is 0 Å². The first-order valence-corrected chi connectivity index (χ1v) is 9.31. The highest BCUT2D eigenvalue weighted by molar-refractivity contribution is 14.0. The Kier molecular flexibility index (Phi) is 11.6. The number of likely N-dealkylation sites (tertiary alicyclic amines) is 1. The van der Waals surface area contributed by atoms with E-state index in [0.717, 1.165) is 19.5 Å². The lowest BCUT2D eigenvalue weighted by Crippen LogP contribution is -2.41. The highest BCUT2D eigenvalue weighted by atomic mass is 127. The van der Waals surface area contributed by atoms with Gasteiger partial charge in [0.25, 0.3) is 0 Å². The molecule has 1 aliphatic heterocycles. The third kappa shape index (κ3) is 8.59. The Labute approximate surface area is 178 Å². The molecule has 27 heavy (non-hydrogen) atoms.